The fraction of sp³-hybridized carbons (Fsp3) is 0.429. The first-order chi connectivity index (χ1) is 23.2. The first-order valence-electron chi connectivity index (χ1n) is 17.3. The van der Waals surface area contributed by atoms with Crippen molar-refractivity contribution in [3.63, 3.8) is 0 Å². The van der Waals surface area contributed by atoms with E-state index in [2.05, 4.69) is 78.6 Å². The summed E-state index contributed by atoms with van der Waals surface area (Å²) in [4.78, 5) is 27.0. The Labute approximate surface area is 287 Å². The van der Waals surface area contributed by atoms with Gasteiger partial charge in [0.05, 0.1) is 37.4 Å². The number of ether oxygens (including phenoxy) is 3. The Hall–Kier alpha value is -4.00. The molecule has 0 aliphatic heterocycles. The van der Waals surface area contributed by atoms with Gasteiger partial charge < -0.3 is 14.2 Å². The number of benzene rings is 3. The second-order valence-electron chi connectivity index (χ2n) is 13.5. The third kappa shape index (κ3) is 11.3. The summed E-state index contributed by atoms with van der Waals surface area (Å²) >= 11 is 0. The molecule has 2 atom stereocenters. The van der Waals surface area contributed by atoms with Crippen LogP contribution in [0.2, 0.25) is 0 Å². The SMILES string of the molecule is CCOC(=O)C(C)(C)CCCN(Cc1ccc(C(=O)OC)cc1)CC(OCC1=CC=C(CCc2ccccc2)CC1C)c1ccccc1. The van der Waals surface area contributed by atoms with Crippen LogP contribution in [0.3, 0.4) is 0 Å². The summed E-state index contributed by atoms with van der Waals surface area (Å²) in [5, 5.41) is 0. The van der Waals surface area contributed by atoms with Crippen molar-refractivity contribution in [2.45, 2.75) is 72.4 Å². The van der Waals surface area contributed by atoms with Crippen LogP contribution in [0.15, 0.2) is 108 Å². The van der Waals surface area contributed by atoms with E-state index in [9.17, 15) is 9.59 Å². The van der Waals surface area contributed by atoms with Crippen LogP contribution in [0.5, 0.6) is 0 Å². The molecule has 0 amide bonds. The maximum Gasteiger partial charge on any atom is 0.337 e. The number of allylic oxidation sites excluding steroid dienone is 3. The van der Waals surface area contributed by atoms with E-state index in [1.807, 2.05) is 51.1 Å². The van der Waals surface area contributed by atoms with Crippen molar-refractivity contribution in [3.05, 3.63) is 130 Å². The zero-order valence-corrected chi connectivity index (χ0v) is 29.5. The highest BCUT2D eigenvalue weighted by Gasteiger charge is 2.29. The van der Waals surface area contributed by atoms with Crippen LogP contribution >= 0.6 is 0 Å². The number of hydrogen-bond acceptors (Lipinski definition) is 6. The normalized spacial score (nSPS) is 15.4. The fourth-order valence-electron chi connectivity index (χ4n) is 6.19. The molecular weight excluding hydrogens is 598 g/mol. The molecule has 3 aromatic rings. The zero-order valence-electron chi connectivity index (χ0n) is 29.5. The van der Waals surface area contributed by atoms with E-state index in [1.54, 1.807) is 0 Å². The lowest BCUT2D eigenvalue weighted by Crippen LogP contribution is -2.33. The Kier molecular flexibility index (Phi) is 14.2. The third-order valence-electron chi connectivity index (χ3n) is 9.24. The van der Waals surface area contributed by atoms with E-state index < -0.39 is 5.41 Å². The van der Waals surface area contributed by atoms with Crippen LogP contribution in [-0.4, -0.2) is 50.3 Å². The Bertz CT molecular complexity index is 1490. The van der Waals surface area contributed by atoms with Gasteiger partial charge in [-0.3, -0.25) is 9.69 Å². The number of hydrogen-bond donors (Lipinski definition) is 0. The van der Waals surface area contributed by atoms with Crippen molar-refractivity contribution in [2.75, 3.05) is 33.4 Å². The van der Waals surface area contributed by atoms with E-state index >= 15 is 0 Å². The largest absolute Gasteiger partial charge is 0.466 e. The quantitative estimate of drug-likeness (QED) is 0.128. The van der Waals surface area contributed by atoms with Crippen molar-refractivity contribution >= 4 is 11.9 Å². The number of carbonyl (C=O) groups is 2. The molecule has 1 aliphatic rings. The summed E-state index contributed by atoms with van der Waals surface area (Å²) in [6, 6.07) is 28.7. The van der Waals surface area contributed by atoms with Gasteiger partial charge in [-0.1, -0.05) is 97.4 Å². The molecule has 2 unspecified atom stereocenters. The second-order valence-corrected chi connectivity index (χ2v) is 13.5. The lowest BCUT2D eigenvalue weighted by Gasteiger charge is -2.31. The van der Waals surface area contributed by atoms with Gasteiger partial charge in [0.1, 0.15) is 0 Å². The van der Waals surface area contributed by atoms with Crippen molar-refractivity contribution in [3.8, 4) is 0 Å². The predicted octanol–water partition coefficient (Wildman–Crippen LogP) is 8.93. The van der Waals surface area contributed by atoms with Crippen LogP contribution < -0.4 is 0 Å². The standard InChI is InChI=1S/C42H53NO5/c1-6-47-41(45)42(3,4)26-13-27-43(29-35-21-23-37(24-22-35)40(44)46-5)30-39(36-16-11-8-12-17-36)48-31-38-25-20-34(28-32(38)2)19-18-33-14-9-7-10-15-33/h7-12,14-17,20-25,32,39H,6,13,18-19,26-31H2,1-5H3. The van der Waals surface area contributed by atoms with Gasteiger partial charge >= 0.3 is 11.9 Å². The molecule has 6 nitrogen and oxygen atoms in total. The van der Waals surface area contributed by atoms with Crippen LogP contribution in [0.4, 0.5) is 0 Å². The summed E-state index contributed by atoms with van der Waals surface area (Å²) in [5.41, 5.74) is 6.39. The van der Waals surface area contributed by atoms with Gasteiger partial charge in [-0.05, 0) is 99.7 Å². The molecular formula is C42H53NO5. The van der Waals surface area contributed by atoms with Crippen LogP contribution in [0.1, 0.15) is 86.5 Å². The molecule has 0 bridgehead atoms. The van der Waals surface area contributed by atoms with Crippen LogP contribution in [-0.2, 0) is 32.0 Å². The average molecular weight is 652 g/mol. The lowest BCUT2D eigenvalue weighted by atomic mass is 9.86. The Morgan fingerprint density at radius 3 is 2.23 bits per heavy atom. The minimum absolute atomic E-state index is 0.143. The Morgan fingerprint density at radius 2 is 1.58 bits per heavy atom. The molecule has 0 radical (unpaired) electrons. The highest BCUT2D eigenvalue weighted by Crippen LogP contribution is 2.30. The predicted molar refractivity (Wildman–Crippen MR) is 193 cm³/mol. The Balaban J connectivity index is 1.47. The number of carbonyl (C=O) groups excluding carboxylic acids is 2. The number of methoxy groups -OCH3 is 1. The van der Waals surface area contributed by atoms with Gasteiger partial charge in [0.25, 0.3) is 0 Å². The van der Waals surface area contributed by atoms with E-state index in [0.29, 0.717) is 44.2 Å². The molecule has 0 saturated heterocycles. The Morgan fingerprint density at radius 1 is 0.896 bits per heavy atom. The van der Waals surface area contributed by atoms with E-state index in [4.69, 9.17) is 14.2 Å². The molecule has 0 saturated carbocycles. The molecule has 0 N–H and O–H groups in total. The molecule has 0 spiro atoms. The fourth-order valence-corrected chi connectivity index (χ4v) is 6.19. The number of rotatable bonds is 18. The molecule has 4 rings (SSSR count). The first-order valence-corrected chi connectivity index (χ1v) is 17.3. The summed E-state index contributed by atoms with van der Waals surface area (Å²) < 4.78 is 17.0. The maximum absolute atomic E-state index is 12.6. The van der Waals surface area contributed by atoms with Crippen molar-refractivity contribution in [1.29, 1.82) is 0 Å². The minimum atomic E-state index is -0.559. The van der Waals surface area contributed by atoms with E-state index in [0.717, 1.165) is 43.4 Å². The number of nitrogens with zero attached hydrogens (tertiary/aromatic N) is 1. The minimum Gasteiger partial charge on any atom is -0.466 e. The van der Waals surface area contributed by atoms with Crippen LogP contribution in [0, 0.1) is 11.3 Å². The lowest BCUT2D eigenvalue weighted by molar-refractivity contribution is -0.153. The van der Waals surface area contributed by atoms with Gasteiger partial charge in [0.15, 0.2) is 0 Å². The van der Waals surface area contributed by atoms with Crippen molar-refractivity contribution in [1.82, 2.24) is 4.90 Å². The summed E-state index contributed by atoms with van der Waals surface area (Å²) in [5.74, 6) is -0.0825. The highest BCUT2D eigenvalue weighted by atomic mass is 16.5. The summed E-state index contributed by atoms with van der Waals surface area (Å²) in [7, 11) is 1.39. The summed E-state index contributed by atoms with van der Waals surface area (Å²) in [6.07, 6.45) is 9.17. The number of esters is 2. The smallest absolute Gasteiger partial charge is 0.337 e. The van der Waals surface area contributed by atoms with Gasteiger partial charge in [0, 0.05) is 13.1 Å². The third-order valence-corrected chi connectivity index (χ3v) is 9.24. The topological polar surface area (TPSA) is 65.1 Å². The maximum atomic E-state index is 12.6. The van der Waals surface area contributed by atoms with Gasteiger partial charge in [0.2, 0.25) is 0 Å². The van der Waals surface area contributed by atoms with E-state index in [-0.39, 0.29) is 18.0 Å². The molecule has 3 aromatic carbocycles. The molecule has 0 aromatic heterocycles. The highest BCUT2D eigenvalue weighted by molar-refractivity contribution is 5.89. The molecule has 0 fully saturated rings. The monoisotopic (exact) mass is 651 g/mol. The zero-order chi connectivity index (χ0) is 34.4. The first kappa shape index (κ1) is 36.8. The second kappa shape index (κ2) is 18.5. The number of aryl methyl sites for hydroxylation is 1. The average Bonchev–Trinajstić information content (AvgIpc) is 3.10. The molecule has 0 heterocycles. The molecule has 1 aliphatic carbocycles. The van der Waals surface area contributed by atoms with Gasteiger partial charge in [-0.15, -0.1) is 0 Å². The van der Waals surface area contributed by atoms with Crippen LogP contribution in [0.25, 0.3) is 0 Å². The molecule has 256 valence electrons. The van der Waals surface area contributed by atoms with Crippen molar-refractivity contribution < 1.29 is 23.8 Å². The van der Waals surface area contributed by atoms with Crippen molar-refractivity contribution in [2.24, 2.45) is 11.3 Å². The van der Waals surface area contributed by atoms with Gasteiger partial charge in [-0.25, -0.2) is 4.79 Å². The van der Waals surface area contributed by atoms with Gasteiger partial charge in [-0.2, -0.15) is 0 Å². The molecule has 48 heavy (non-hydrogen) atoms. The van der Waals surface area contributed by atoms with E-state index in [1.165, 1.54) is 23.8 Å². The molecule has 6 heteroatoms. The summed E-state index contributed by atoms with van der Waals surface area (Å²) in [6.45, 7) is 11.2.